The molecular formula is C22H37Cl2NTi. The van der Waals surface area contributed by atoms with Crippen molar-refractivity contribution in [3.63, 3.8) is 0 Å². The van der Waals surface area contributed by atoms with Crippen LogP contribution in [0.15, 0.2) is 52.4 Å². The maximum absolute atomic E-state index is 4.89. The average molecular weight is 434 g/mol. The second kappa shape index (κ2) is 4.41. The van der Waals surface area contributed by atoms with Crippen LogP contribution < -0.4 is 4.00 Å². The number of hydrogen-bond acceptors (Lipinski definition) is 0. The Morgan fingerprint density at radius 3 is 1.96 bits per heavy atom. The van der Waals surface area contributed by atoms with Crippen LogP contribution in [0, 0.1) is 0 Å². The number of rotatable bonds is 2. The minimum Gasteiger partial charge on any atom is -0.147 e. The average Bonchev–Trinajstić information content (AvgIpc) is 3.07. The Balaban J connectivity index is 0.00000169. The maximum Gasteiger partial charge on any atom is -0.147 e. The van der Waals surface area contributed by atoms with E-state index in [0.717, 1.165) is 6.42 Å². The predicted octanol–water partition coefficient (Wildman–Crippen LogP) is 8.24. The van der Waals surface area contributed by atoms with Gasteiger partial charge in [-0.15, -0.1) is 24.8 Å². The number of nitrogens with one attached hydrogen (secondary N) is 1. The molecule has 26 heavy (non-hydrogen) atoms. The maximum atomic E-state index is 3.89. The van der Waals surface area contributed by atoms with Gasteiger partial charge in [-0.2, -0.15) is 0 Å². The summed E-state index contributed by atoms with van der Waals surface area (Å²) in [5.41, 5.74) is 1.24. The van der Waals surface area contributed by atoms with E-state index in [1.54, 1.807) is 3.88 Å². The Hall–Kier alpha value is -0.466. The number of aromatic amines is 1. The first-order valence-corrected chi connectivity index (χ1v) is 19.5. The van der Waals surface area contributed by atoms with Crippen molar-refractivity contribution in [2.75, 3.05) is 0 Å². The van der Waals surface area contributed by atoms with Gasteiger partial charge in [-0.25, -0.2) is 0 Å². The molecule has 4 heteroatoms. The summed E-state index contributed by atoms with van der Waals surface area (Å²) in [4.78, 5) is 3.89. The van der Waals surface area contributed by atoms with E-state index < -0.39 is 11.5 Å². The summed E-state index contributed by atoms with van der Waals surface area (Å²) in [7, 11) is 0. The summed E-state index contributed by atoms with van der Waals surface area (Å²) >= 11 is -4.89. The van der Waals surface area contributed by atoms with Crippen LogP contribution in [0.5, 0.6) is 0 Å². The Morgan fingerprint density at radius 1 is 0.923 bits per heavy atom. The van der Waals surface area contributed by atoms with Crippen molar-refractivity contribution in [3.05, 3.63) is 52.4 Å². The van der Waals surface area contributed by atoms with E-state index in [9.17, 15) is 0 Å². The van der Waals surface area contributed by atoms with E-state index in [0.29, 0.717) is 0 Å². The molecule has 2 aromatic rings. The number of aromatic nitrogens is 1. The molecule has 1 aromatic carbocycles. The Labute approximate surface area is 165 Å². The third-order valence-corrected chi connectivity index (χ3v) is 36.5. The summed E-state index contributed by atoms with van der Waals surface area (Å²) in [6.07, 6.45) is 8.00. The van der Waals surface area contributed by atoms with Crippen LogP contribution in [0.2, 0.25) is 29.9 Å². The first-order chi connectivity index (χ1) is 10.5. The molecule has 1 N–H and O–H groups in total. The molecule has 0 aliphatic heterocycles. The molecule has 0 saturated carbocycles. The Bertz CT molecular complexity index is 945. The van der Waals surface area contributed by atoms with Crippen LogP contribution in [0.1, 0.15) is 27.2 Å². The van der Waals surface area contributed by atoms with Gasteiger partial charge in [-0.1, -0.05) is 0 Å². The molecular weight excluding hydrogens is 397 g/mol. The van der Waals surface area contributed by atoms with Gasteiger partial charge in [-0.3, -0.25) is 0 Å². The number of benzene rings is 1. The van der Waals surface area contributed by atoms with Crippen molar-refractivity contribution in [3.8, 4) is 0 Å². The number of para-hydroxylation sites is 1. The van der Waals surface area contributed by atoms with Crippen molar-refractivity contribution >= 4 is 39.7 Å². The summed E-state index contributed by atoms with van der Waals surface area (Å²) in [5.74, 6) is 0. The first kappa shape index (κ1) is 23.6. The molecule has 0 bridgehead atoms. The quantitative estimate of drug-likeness (QED) is 0.458. The molecule has 0 spiro atoms. The van der Waals surface area contributed by atoms with Gasteiger partial charge in [0.15, 0.2) is 0 Å². The van der Waals surface area contributed by atoms with Crippen molar-refractivity contribution in [2.45, 2.75) is 57.1 Å². The molecule has 0 amide bonds. The van der Waals surface area contributed by atoms with E-state index >= 15 is 0 Å². The summed E-state index contributed by atoms with van der Waals surface area (Å²) < 4.78 is 3.10. The fraction of sp³-hybridized carbons (Fsp3) is 0.455. The summed E-state index contributed by atoms with van der Waals surface area (Å²) in [6, 6.07) is 11.1. The first-order valence-electron chi connectivity index (χ1n) is 9.37. The van der Waals surface area contributed by atoms with Gasteiger partial charge in [-0.05, 0) is 0 Å². The Kier molecular flexibility index (Phi) is 3.99. The molecule has 0 fully saturated rings. The fourth-order valence-electron chi connectivity index (χ4n) is 4.50. The zero-order valence-electron chi connectivity index (χ0n) is 17.6. The van der Waals surface area contributed by atoms with E-state index in [1.807, 2.05) is 0 Å². The molecule has 3 rings (SSSR count). The molecule has 1 aromatic heterocycles. The smallest absolute Gasteiger partial charge is 0.147 e. The van der Waals surface area contributed by atoms with E-state index in [-0.39, 0.29) is 28.5 Å². The standard InChI is InChI=1S/C8H6N.C5H5.C4H9.5CH3.2ClH.Ti/c1-2-4-8-7(3-1)5-6-9-8;1-2-4-5-3-1;1-4(2)3;;;;;;;;/h1-5,9H;1-3H,4H2;1-3H3;5*1H3;2*1H;. The van der Waals surface area contributed by atoms with E-state index in [4.69, 9.17) is 0 Å². The van der Waals surface area contributed by atoms with Crippen molar-refractivity contribution < 1.29 is 11.5 Å². The van der Waals surface area contributed by atoms with Crippen LogP contribution in [0.3, 0.4) is 0 Å². The molecule has 1 aliphatic carbocycles. The molecule has 0 saturated heterocycles. The van der Waals surface area contributed by atoms with Gasteiger partial charge < -0.3 is 0 Å². The van der Waals surface area contributed by atoms with Crippen molar-refractivity contribution in [1.29, 1.82) is 0 Å². The van der Waals surface area contributed by atoms with Gasteiger partial charge >= 0.3 is 141 Å². The molecule has 1 nitrogen and oxygen atoms in total. The van der Waals surface area contributed by atoms with Crippen molar-refractivity contribution in [1.82, 2.24) is 4.98 Å². The Morgan fingerprint density at radius 2 is 1.50 bits per heavy atom. The molecule has 1 aliphatic rings. The summed E-state index contributed by atoms with van der Waals surface area (Å²) in [5, 5.41) is 14.4. The van der Waals surface area contributed by atoms with Gasteiger partial charge in [0.1, 0.15) is 0 Å². The zero-order valence-corrected chi connectivity index (χ0v) is 20.8. The number of fused-ring (bicyclic) bond motifs is 1. The zero-order chi connectivity index (χ0) is 18.2. The predicted molar refractivity (Wildman–Crippen MR) is 123 cm³/mol. The second-order valence-electron chi connectivity index (χ2n) is 15.0. The van der Waals surface area contributed by atoms with Gasteiger partial charge in [0, 0.05) is 0 Å². The van der Waals surface area contributed by atoms with E-state index in [2.05, 4.69) is 100 Å². The third-order valence-electron chi connectivity index (χ3n) is 10.3. The topological polar surface area (TPSA) is 15.8 Å². The fourth-order valence-corrected chi connectivity index (χ4v) is 14.6. The van der Waals surface area contributed by atoms with Crippen LogP contribution in [-0.2, 0) is 11.5 Å². The number of allylic oxidation sites excluding steroid dienone is 4. The summed E-state index contributed by atoms with van der Waals surface area (Å²) in [6.45, 7) is 7.33. The molecule has 0 radical (unpaired) electrons. The van der Waals surface area contributed by atoms with Crippen LogP contribution in [-0.4, -0.2) is 4.98 Å². The molecule has 0 unspecified atom stereocenters. The monoisotopic (exact) mass is 433 g/mol. The number of H-pyrrole nitrogens is 1. The minimum absolute atomic E-state index is 0. The van der Waals surface area contributed by atoms with E-state index in [1.165, 1.54) is 14.9 Å². The minimum atomic E-state index is -4.89. The number of hydrogen-bond donors (Lipinski definition) is 1. The number of halogens is 2. The third kappa shape index (κ3) is 2.15. The second-order valence-corrected chi connectivity index (χ2v) is 47.7. The van der Waals surface area contributed by atoms with Gasteiger partial charge in [0.25, 0.3) is 0 Å². The molecule has 148 valence electrons. The SMILES string of the molecule is C[C](C)(C)[Ti]([CH3])([CH3])([CH3])([CH3])([CH3])([C]1=CC=CC1)[c]1cc2ccccc2[nH]1.Cl.Cl. The van der Waals surface area contributed by atoms with Crippen LogP contribution in [0.4, 0.5) is 0 Å². The van der Waals surface area contributed by atoms with Crippen LogP contribution >= 0.6 is 24.8 Å². The van der Waals surface area contributed by atoms with Crippen LogP contribution in [0.25, 0.3) is 10.9 Å². The molecule has 0 atom stereocenters. The van der Waals surface area contributed by atoms with Gasteiger partial charge in [0.2, 0.25) is 0 Å². The molecule has 1 heterocycles. The van der Waals surface area contributed by atoms with Gasteiger partial charge in [0.05, 0.1) is 0 Å². The largest absolute Gasteiger partial charge is 0.147 e. The van der Waals surface area contributed by atoms with Crippen molar-refractivity contribution in [2.24, 2.45) is 0 Å². The normalized spacial score (nSPS) is 20.7.